The Morgan fingerprint density at radius 1 is 0.544 bits per heavy atom. The van der Waals surface area contributed by atoms with Crippen LogP contribution in [0.15, 0.2) is 154 Å². The standard InChI is InChI=1S/C16H14O3.C15H10O4.C15H10O3S/c1-11(16(18)19)13-8-5-9-14(10-13)15(17)12-6-3-2-4-7-12;2*16-14(17)8-9-5-6-13-11(7-9)15(18)10-3-1-2-4-12(10)19-13/h2-11H,1H3,(H,18,19);2*1-7H,8H2,(H,16,17)/p-3. The highest BCUT2D eigenvalue weighted by Gasteiger charge is 2.13. The van der Waals surface area contributed by atoms with E-state index in [1.165, 1.54) is 11.3 Å². The van der Waals surface area contributed by atoms with Crippen LogP contribution in [0.3, 0.4) is 0 Å². The topological polar surface area (TPSA) is 185 Å². The van der Waals surface area contributed by atoms with Crippen LogP contribution in [0.25, 0.3) is 42.1 Å². The molecule has 0 saturated carbocycles. The quantitative estimate of drug-likeness (QED) is 0.155. The number of aliphatic carboxylic acids is 3. The highest BCUT2D eigenvalue weighted by molar-refractivity contribution is 7.24. The molecule has 8 aromatic rings. The van der Waals surface area contributed by atoms with Crippen molar-refractivity contribution in [1.82, 2.24) is 0 Å². The summed E-state index contributed by atoms with van der Waals surface area (Å²) < 4.78 is 7.43. The predicted octanol–water partition coefficient (Wildman–Crippen LogP) is 4.72. The molecule has 284 valence electrons. The van der Waals surface area contributed by atoms with Gasteiger partial charge in [0.15, 0.2) is 11.2 Å². The van der Waals surface area contributed by atoms with Gasteiger partial charge < -0.3 is 34.1 Å². The van der Waals surface area contributed by atoms with Gasteiger partial charge in [0.1, 0.15) is 11.2 Å². The van der Waals surface area contributed by atoms with Crippen molar-refractivity contribution >= 4 is 77.1 Å². The summed E-state index contributed by atoms with van der Waals surface area (Å²) in [6.07, 6.45) is -0.394. The number of para-hydroxylation sites is 1. The van der Waals surface area contributed by atoms with E-state index in [9.17, 15) is 44.1 Å². The lowest BCUT2D eigenvalue weighted by molar-refractivity contribution is -0.308. The van der Waals surface area contributed by atoms with Crippen molar-refractivity contribution in [2.24, 2.45) is 0 Å². The predicted molar refractivity (Wildman–Crippen MR) is 213 cm³/mol. The lowest BCUT2D eigenvalue weighted by Crippen LogP contribution is -2.28. The largest absolute Gasteiger partial charge is 0.550 e. The Bertz CT molecular complexity index is 2780. The van der Waals surface area contributed by atoms with Gasteiger partial charge in [-0.3, -0.25) is 14.4 Å². The zero-order valence-electron chi connectivity index (χ0n) is 30.3. The number of carboxylic acids is 3. The molecule has 0 bridgehead atoms. The molecule has 57 heavy (non-hydrogen) atoms. The fourth-order valence-electron chi connectivity index (χ4n) is 6.10. The molecule has 0 aliphatic carbocycles. The minimum absolute atomic E-state index is 0.0513. The molecule has 11 heteroatoms. The normalized spacial score (nSPS) is 11.2. The lowest BCUT2D eigenvalue weighted by Gasteiger charge is -2.13. The van der Waals surface area contributed by atoms with E-state index in [1.54, 1.807) is 122 Å². The fraction of sp³-hybridized carbons (Fsp3) is 0.0870. The second kappa shape index (κ2) is 17.5. The average Bonchev–Trinajstić information content (AvgIpc) is 3.21. The van der Waals surface area contributed by atoms with Crippen LogP contribution in [0.2, 0.25) is 0 Å². The number of hydrogen-bond acceptors (Lipinski definition) is 11. The highest BCUT2D eigenvalue weighted by Crippen LogP contribution is 2.25. The maximum Gasteiger partial charge on any atom is 0.200 e. The first-order valence-corrected chi connectivity index (χ1v) is 18.4. The van der Waals surface area contributed by atoms with Crippen molar-refractivity contribution in [2.75, 3.05) is 0 Å². The first-order chi connectivity index (χ1) is 27.4. The van der Waals surface area contributed by atoms with Crippen molar-refractivity contribution in [3.05, 3.63) is 188 Å². The maximum atomic E-state index is 12.4. The summed E-state index contributed by atoms with van der Waals surface area (Å²) >= 11 is 1.53. The summed E-state index contributed by atoms with van der Waals surface area (Å²) in [6.45, 7) is 1.54. The summed E-state index contributed by atoms with van der Waals surface area (Å²) in [7, 11) is 0. The molecule has 0 aliphatic heterocycles. The third kappa shape index (κ3) is 9.35. The van der Waals surface area contributed by atoms with Crippen molar-refractivity contribution in [1.29, 1.82) is 0 Å². The van der Waals surface area contributed by atoms with E-state index in [0.717, 1.165) is 9.40 Å². The lowest BCUT2D eigenvalue weighted by atomic mass is 9.96. The molecule has 6 aromatic carbocycles. The molecule has 0 fully saturated rings. The van der Waals surface area contributed by atoms with Gasteiger partial charge in [0, 0.05) is 68.0 Å². The molecule has 10 nitrogen and oxygen atoms in total. The molecule has 0 aliphatic rings. The van der Waals surface area contributed by atoms with E-state index in [1.807, 2.05) is 24.3 Å². The van der Waals surface area contributed by atoms with Crippen LogP contribution in [-0.2, 0) is 27.2 Å². The van der Waals surface area contributed by atoms with Gasteiger partial charge in [0.2, 0.25) is 5.43 Å². The Hall–Kier alpha value is -7.24. The maximum absolute atomic E-state index is 12.4. The van der Waals surface area contributed by atoms with E-state index in [0.29, 0.717) is 60.5 Å². The smallest absolute Gasteiger partial charge is 0.200 e. The zero-order valence-corrected chi connectivity index (χ0v) is 31.1. The van der Waals surface area contributed by atoms with Crippen LogP contribution < -0.4 is 26.2 Å². The van der Waals surface area contributed by atoms with Crippen LogP contribution in [0, 0.1) is 0 Å². The molecular weight excluding hydrogens is 745 g/mol. The SMILES string of the molecule is CC(C(=O)[O-])c1cccc(C(=O)c2ccccc2)c1.O=C([O-])Cc1ccc2oc3ccccc3c(=O)c2c1.O=C([O-])Cc1ccc2sc3ccccc3c(=O)c2c1. The third-order valence-electron chi connectivity index (χ3n) is 9.02. The van der Waals surface area contributed by atoms with Gasteiger partial charge in [-0.25, -0.2) is 0 Å². The van der Waals surface area contributed by atoms with Crippen molar-refractivity contribution < 1.29 is 38.9 Å². The molecule has 2 heterocycles. The Morgan fingerprint density at radius 3 is 1.77 bits per heavy atom. The van der Waals surface area contributed by atoms with Gasteiger partial charge in [-0.15, -0.1) is 11.3 Å². The summed E-state index contributed by atoms with van der Waals surface area (Å²) in [5, 5.41) is 34.2. The van der Waals surface area contributed by atoms with Crippen LogP contribution in [0.4, 0.5) is 0 Å². The second-order valence-electron chi connectivity index (χ2n) is 13.0. The van der Waals surface area contributed by atoms with Gasteiger partial charge >= 0.3 is 0 Å². The van der Waals surface area contributed by atoms with E-state index in [-0.39, 0.29) is 29.5 Å². The second-order valence-corrected chi connectivity index (χ2v) is 14.1. The van der Waals surface area contributed by atoms with Crippen molar-refractivity contribution in [3.8, 4) is 0 Å². The first-order valence-electron chi connectivity index (χ1n) is 17.6. The number of ketones is 1. The molecule has 1 unspecified atom stereocenters. The number of benzene rings is 6. The Kier molecular flexibility index (Phi) is 12.1. The van der Waals surface area contributed by atoms with Crippen LogP contribution in [-0.4, -0.2) is 23.7 Å². The molecular formula is C46H31O10S-3. The molecule has 1 atom stereocenters. The summed E-state index contributed by atoms with van der Waals surface area (Å²) in [5.74, 6) is -4.32. The van der Waals surface area contributed by atoms with Gasteiger partial charge in [-0.1, -0.05) is 91.9 Å². The van der Waals surface area contributed by atoms with Gasteiger partial charge in [0.25, 0.3) is 0 Å². The highest BCUT2D eigenvalue weighted by atomic mass is 32.1. The Balaban J connectivity index is 0.000000145. The fourth-order valence-corrected chi connectivity index (χ4v) is 7.15. The van der Waals surface area contributed by atoms with Crippen LogP contribution in [0.5, 0.6) is 0 Å². The molecule has 0 N–H and O–H groups in total. The van der Waals surface area contributed by atoms with E-state index in [2.05, 4.69) is 0 Å². The Labute approximate surface area is 328 Å². The van der Waals surface area contributed by atoms with E-state index in [4.69, 9.17) is 4.42 Å². The molecule has 0 radical (unpaired) electrons. The summed E-state index contributed by atoms with van der Waals surface area (Å²) in [5.41, 5.74) is 3.52. The number of rotatable bonds is 8. The molecule has 8 rings (SSSR count). The monoisotopic (exact) mass is 775 g/mol. The van der Waals surface area contributed by atoms with Gasteiger partial charge in [-0.2, -0.15) is 0 Å². The Morgan fingerprint density at radius 2 is 1.09 bits per heavy atom. The van der Waals surface area contributed by atoms with Gasteiger partial charge in [-0.05, 0) is 71.3 Å². The number of fused-ring (bicyclic) bond motifs is 4. The zero-order chi connectivity index (χ0) is 40.6. The van der Waals surface area contributed by atoms with E-state index >= 15 is 0 Å². The van der Waals surface area contributed by atoms with Crippen LogP contribution >= 0.6 is 11.3 Å². The average molecular weight is 776 g/mol. The molecule has 0 spiro atoms. The number of carbonyl (C=O) groups is 4. The molecule has 2 aromatic heterocycles. The number of carbonyl (C=O) groups excluding carboxylic acids is 4. The van der Waals surface area contributed by atoms with Gasteiger partial charge in [0.05, 0.1) is 10.8 Å². The molecule has 0 amide bonds. The minimum Gasteiger partial charge on any atom is -0.550 e. The minimum atomic E-state index is -1.18. The third-order valence-corrected chi connectivity index (χ3v) is 10.2. The molecule has 0 saturated heterocycles. The summed E-state index contributed by atoms with van der Waals surface area (Å²) in [6, 6.07) is 39.9. The van der Waals surface area contributed by atoms with Crippen molar-refractivity contribution in [2.45, 2.75) is 25.7 Å². The summed E-state index contributed by atoms with van der Waals surface area (Å²) in [4.78, 5) is 69.0. The number of carboxylic acid groups (broad SMARTS) is 3. The first kappa shape index (κ1) is 39.5. The number of hydrogen-bond donors (Lipinski definition) is 0. The van der Waals surface area contributed by atoms with Crippen molar-refractivity contribution in [3.63, 3.8) is 0 Å². The van der Waals surface area contributed by atoms with Crippen LogP contribution in [0.1, 0.15) is 45.5 Å². The van der Waals surface area contributed by atoms with E-state index < -0.39 is 23.8 Å².